The minimum atomic E-state index is -0.0647. The van der Waals surface area contributed by atoms with E-state index in [2.05, 4.69) is 50.6 Å². The highest BCUT2D eigenvalue weighted by Gasteiger charge is 2.23. The maximum absolute atomic E-state index is 6.07. The van der Waals surface area contributed by atoms with Crippen LogP contribution in [0.5, 0.6) is 0 Å². The second-order valence-electron chi connectivity index (χ2n) is 5.98. The fraction of sp³-hybridized carbons (Fsp3) is 0.375. The Morgan fingerprint density at radius 3 is 2.83 bits per heavy atom. The number of hydrogen-bond donors (Lipinski definition) is 2. The summed E-state index contributed by atoms with van der Waals surface area (Å²) < 4.78 is 5.41. The van der Waals surface area contributed by atoms with Gasteiger partial charge < -0.3 is 9.84 Å². The molecule has 0 saturated heterocycles. The molecule has 2 heterocycles. The first kappa shape index (κ1) is 16.6. The quantitative estimate of drug-likeness (QED) is 0.711. The molecule has 8 heteroatoms. The van der Waals surface area contributed by atoms with Crippen LogP contribution in [0.2, 0.25) is 5.02 Å². The standard InChI is InChI=1S/C16H19ClN6O/c1-9(2)13(18-7-11-4-5-12(17)10(3)6-11)16-21-15(23-24-16)14-19-8-20-22-14/h4-6,8-9,13,18H,7H2,1-3H3,(H,19,20,22). The van der Waals surface area contributed by atoms with Crippen molar-refractivity contribution in [3.63, 3.8) is 0 Å². The largest absolute Gasteiger partial charge is 0.337 e. The zero-order valence-corrected chi connectivity index (χ0v) is 14.5. The van der Waals surface area contributed by atoms with Gasteiger partial charge in [-0.25, -0.2) is 4.98 Å². The van der Waals surface area contributed by atoms with Gasteiger partial charge >= 0.3 is 0 Å². The van der Waals surface area contributed by atoms with Gasteiger partial charge in [0.25, 0.3) is 0 Å². The Labute approximate surface area is 144 Å². The number of rotatable bonds is 6. The summed E-state index contributed by atoms with van der Waals surface area (Å²) in [5, 5.41) is 14.7. The molecule has 0 amide bonds. The second-order valence-corrected chi connectivity index (χ2v) is 6.38. The lowest BCUT2D eigenvalue weighted by Gasteiger charge is -2.18. The van der Waals surface area contributed by atoms with Crippen LogP contribution in [0.3, 0.4) is 0 Å². The van der Waals surface area contributed by atoms with E-state index >= 15 is 0 Å². The van der Waals surface area contributed by atoms with Crippen LogP contribution in [0, 0.1) is 12.8 Å². The lowest BCUT2D eigenvalue weighted by Crippen LogP contribution is -2.25. The highest BCUT2D eigenvalue weighted by molar-refractivity contribution is 6.31. The van der Waals surface area contributed by atoms with Gasteiger partial charge in [-0.05, 0) is 30.0 Å². The van der Waals surface area contributed by atoms with Crippen LogP contribution in [0.1, 0.15) is 36.9 Å². The van der Waals surface area contributed by atoms with Gasteiger partial charge in [-0.3, -0.25) is 5.10 Å². The fourth-order valence-electron chi connectivity index (χ4n) is 2.42. The molecule has 7 nitrogen and oxygen atoms in total. The van der Waals surface area contributed by atoms with Crippen LogP contribution in [-0.4, -0.2) is 25.3 Å². The van der Waals surface area contributed by atoms with Crippen molar-refractivity contribution < 1.29 is 4.52 Å². The van der Waals surface area contributed by atoms with E-state index in [1.54, 1.807) is 0 Å². The number of H-pyrrole nitrogens is 1. The molecular weight excluding hydrogens is 328 g/mol. The number of aryl methyl sites for hydroxylation is 1. The average molecular weight is 347 g/mol. The van der Waals surface area contributed by atoms with Crippen molar-refractivity contribution in [3.8, 4) is 11.6 Å². The van der Waals surface area contributed by atoms with Crippen LogP contribution in [0.25, 0.3) is 11.6 Å². The molecule has 1 aromatic carbocycles. The van der Waals surface area contributed by atoms with Crippen molar-refractivity contribution in [2.75, 3.05) is 0 Å². The summed E-state index contributed by atoms with van der Waals surface area (Å²) in [7, 11) is 0. The molecule has 0 aliphatic carbocycles. The molecule has 0 aliphatic heterocycles. The number of benzene rings is 1. The lowest BCUT2D eigenvalue weighted by molar-refractivity contribution is 0.288. The minimum absolute atomic E-state index is 0.0647. The molecule has 0 bridgehead atoms. The maximum Gasteiger partial charge on any atom is 0.244 e. The minimum Gasteiger partial charge on any atom is -0.337 e. The summed E-state index contributed by atoms with van der Waals surface area (Å²) in [6.07, 6.45) is 1.41. The first-order valence-corrected chi connectivity index (χ1v) is 8.10. The van der Waals surface area contributed by atoms with Crippen molar-refractivity contribution in [2.24, 2.45) is 5.92 Å². The number of aromatic amines is 1. The number of halogens is 1. The van der Waals surface area contributed by atoms with E-state index in [1.807, 2.05) is 19.1 Å². The molecule has 0 aliphatic rings. The smallest absolute Gasteiger partial charge is 0.244 e. The van der Waals surface area contributed by atoms with E-state index < -0.39 is 0 Å². The van der Waals surface area contributed by atoms with Gasteiger partial charge in [-0.2, -0.15) is 10.1 Å². The van der Waals surface area contributed by atoms with Gasteiger partial charge in [0, 0.05) is 11.6 Å². The molecule has 0 spiro atoms. The van der Waals surface area contributed by atoms with Gasteiger partial charge in [0.1, 0.15) is 6.33 Å². The van der Waals surface area contributed by atoms with Crippen LogP contribution in [0.4, 0.5) is 0 Å². The van der Waals surface area contributed by atoms with Crippen molar-refractivity contribution in [2.45, 2.75) is 33.4 Å². The Balaban J connectivity index is 1.74. The van der Waals surface area contributed by atoms with Crippen LogP contribution in [0.15, 0.2) is 29.0 Å². The third-order valence-corrected chi connectivity index (χ3v) is 4.17. The Morgan fingerprint density at radius 1 is 1.33 bits per heavy atom. The molecule has 2 aromatic heterocycles. The van der Waals surface area contributed by atoms with E-state index in [-0.39, 0.29) is 12.0 Å². The first-order chi connectivity index (χ1) is 11.5. The molecule has 0 fully saturated rings. The monoisotopic (exact) mass is 346 g/mol. The van der Waals surface area contributed by atoms with E-state index in [0.717, 1.165) is 16.1 Å². The van der Waals surface area contributed by atoms with Crippen molar-refractivity contribution >= 4 is 11.6 Å². The van der Waals surface area contributed by atoms with Gasteiger partial charge in [0.15, 0.2) is 5.82 Å². The zero-order chi connectivity index (χ0) is 17.1. The normalized spacial score (nSPS) is 12.7. The lowest BCUT2D eigenvalue weighted by atomic mass is 10.0. The van der Waals surface area contributed by atoms with Gasteiger partial charge in [0.05, 0.1) is 6.04 Å². The third-order valence-electron chi connectivity index (χ3n) is 3.75. The molecule has 24 heavy (non-hydrogen) atoms. The van der Waals surface area contributed by atoms with E-state index in [9.17, 15) is 0 Å². The van der Waals surface area contributed by atoms with E-state index in [1.165, 1.54) is 6.33 Å². The number of hydrogen-bond acceptors (Lipinski definition) is 6. The van der Waals surface area contributed by atoms with E-state index in [0.29, 0.717) is 24.1 Å². The molecule has 0 radical (unpaired) electrons. The summed E-state index contributed by atoms with van der Waals surface area (Å²) in [4.78, 5) is 8.45. The third kappa shape index (κ3) is 3.63. The summed E-state index contributed by atoms with van der Waals surface area (Å²) in [6.45, 7) is 6.88. The van der Waals surface area contributed by atoms with Crippen LogP contribution < -0.4 is 5.32 Å². The molecular formula is C16H19ClN6O. The predicted octanol–water partition coefficient (Wildman–Crippen LogP) is 3.30. The van der Waals surface area contributed by atoms with Gasteiger partial charge in [0.2, 0.25) is 11.7 Å². The van der Waals surface area contributed by atoms with Crippen molar-refractivity contribution in [1.29, 1.82) is 0 Å². The van der Waals surface area contributed by atoms with Gasteiger partial charge in [-0.1, -0.05) is 42.7 Å². The Bertz CT molecular complexity index is 799. The summed E-state index contributed by atoms with van der Waals surface area (Å²) in [6, 6.07) is 5.92. The summed E-state index contributed by atoms with van der Waals surface area (Å²) in [5.41, 5.74) is 2.21. The molecule has 3 aromatic rings. The number of aromatic nitrogens is 5. The Kier molecular flexibility index (Phi) is 4.92. The SMILES string of the molecule is Cc1cc(CNC(c2nc(-c3ncn[nH]3)no2)C(C)C)ccc1Cl. The average Bonchev–Trinajstić information content (AvgIpc) is 3.21. The highest BCUT2D eigenvalue weighted by Crippen LogP contribution is 2.23. The molecule has 0 saturated carbocycles. The predicted molar refractivity (Wildman–Crippen MR) is 90.3 cm³/mol. The topological polar surface area (TPSA) is 92.5 Å². The van der Waals surface area contributed by atoms with Crippen LogP contribution in [-0.2, 0) is 6.54 Å². The number of nitrogens with one attached hydrogen (secondary N) is 2. The highest BCUT2D eigenvalue weighted by atomic mass is 35.5. The second kappa shape index (κ2) is 7.11. The number of nitrogens with zero attached hydrogens (tertiary/aromatic N) is 4. The summed E-state index contributed by atoms with van der Waals surface area (Å²) in [5.74, 6) is 1.70. The molecule has 1 atom stereocenters. The van der Waals surface area contributed by atoms with E-state index in [4.69, 9.17) is 16.1 Å². The molecule has 126 valence electrons. The van der Waals surface area contributed by atoms with Crippen molar-refractivity contribution in [3.05, 3.63) is 46.6 Å². The summed E-state index contributed by atoms with van der Waals surface area (Å²) >= 11 is 6.07. The molecule has 3 rings (SSSR count). The van der Waals surface area contributed by atoms with Gasteiger partial charge in [-0.15, -0.1) is 0 Å². The fourth-order valence-corrected chi connectivity index (χ4v) is 2.54. The van der Waals surface area contributed by atoms with Crippen molar-refractivity contribution in [1.82, 2.24) is 30.6 Å². The maximum atomic E-state index is 6.07. The molecule has 2 N–H and O–H groups in total. The Hall–Kier alpha value is -2.25. The Morgan fingerprint density at radius 2 is 2.17 bits per heavy atom. The van der Waals surface area contributed by atoms with Crippen LogP contribution >= 0.6 is 11.6 Å². The molecule has 1 unspecified atom stereocenters. The first-order valence-electron chi connectivity index (χ1n) is 7.72. The zero-order valence-electron chi connectivity index (χ0n) is 13.7.